The van der Waals surface area contributed by atoms with E-state index >= 15 is 0 Å². The molecule has 0 aromatic carbocycles. The van der Waals surface area contributed by atoms with Crippen LogP contribution in [-0.4, -0.2) is 76.2 Å². The van der Waals surface area contributed by atoms with Gasteiger partial charge in [0.05, 0.1) is 25.0 Å². The Labute approximate surface area is 119 Å². The van der Waals surface area contributed by atoms with Crippen LogP contribution in [0.25, 0.3) is 0 Å². The molecule has 1 rings (SSSR count). The van der Waals surface area contributed by atoms with Gasteiger partial charge in [-0.3, -0.25) is 4.79 Å². The van der Waals surface area contributed by atoms with E-state index in [0.29, 0.717) is 0 Å². The molecule has 1 heterocycles. The fourth-order valence-electron chi connectivity index (χ4n) is 1.97. The Balaban J connectivity index is 2.75. The summed E-state index contributed by atoms with van der Waals surface area (Å²) in [6.45, 7) is 1.49. The van der Waals surface area contributed by atoms with Crippen molar-refractivity contribution in [2.45, 2.75) is 19.4 Å². The minimum absolute atomic E-state index is 0.00895. The molecule has 0 amide bonds. The van der Waals surface area contributed by atoms with E-state index in [1.54, 1.807) is 6.92 Å². The summed E-state index contributed by atoms with van der Waals surface area (Å²) in [6, 6.07) is -0.612. The maximum Gasteiger partial charge on any atom is 0.306 e. The lowest BCUT2D eigenvalue weighted by molar-refractivity contribution is -0.140. The first kappa shape index (κ1) is 17.3. The predicted octanol–water partition coefficient (Wildman–Crippen LogP) is -1.15. The molecule has 1 aliphatic rings. The smallest absolute Gasteiger partial charge is 0.306 e. The third-order valence-electron chi connectivity index (χ3n) is 3.16. The highest BCUT2D eigenvalue weighted by Gasteiger charge is 2.37. The topological polar surface area (TPSA) is 101 Å². The Kier molecular flexibility index (Phi) is 5.53. The van der Waals surface area contributed by atoms with Crippen molar-refractivity contribution in [3.05, 3.63) is 0 Å². The van der Waals surface area contributed by atoms with Gasteiger partial charge in [0.25, 0.3) is 10.2 Å². The number of esters is 1. The Hall–Kier alpha value is -0.710. The van der Waals surface area contributed by atoms with Crippen LogP contribution in [0.5, 0.6) is 0 Å². The van der Waals surface area contributed by atoms with Crippen LogP contribution in [0.3, 0.4) is 0 Å². The van der Waals surface area contributed by atoms with Crippen molar-refractivity contribution in [2.24, 2.45) is 0 Å². The molecule has 1 atom stereocenters. The monoisotopic (exact) mass is 328 g/mol. The Bertz CT molecular complexity index is 556. The number of carbonyl (C=O) groups excluding carboxylic acids is 1. The largest absolute Gasteiger partial charge is 0.469 e. The van der Waals surface area contributed by atoms with Crippen molar-refractivity contribution in [1.82, 2.24) is 8.61 Å². The van der Waals surface area contributed by atoms with E-state index in [0.717, 1.165) is 8.61 Å². The molecule has 20 heavy (non-hydrogen) atoms. The Morgan fingerprint density at radius 3 is 2.55 bits per heavy atom. The molecule has 1 fully saturated rings. The molecule has 0 aromatic rings. The molecule has 10 heteroatoms. The molecule has 0 bridgehead atoms. The fraction of sp³-hybridized carbons (Fsp3) is 0.900. The second-order valence-electron chi connectivity index (χ2n) is 4.73. The zero-order valence-electron chi connectivity index (χ0n) is 11.8. The van der Waals surface area contributed by atoms with Gasteiger partial charge in [-0.1, -0.05) is 0 Å². The normalized spacial score (nSPS) is 23.7. The SMILES string of the molecule is COC(=O)CCN(C)S(=O)(=O)N1CCS(=O)(=O)CC1C. The van der Waals surface area contributed by atoms with Gasteiger partial charge in [0.1, 0.15) is 0 Å². The zero-order chi connectivity index (χ0) is 15.6. The molecule has 0 spiro atoms. The lowest BCUT2D eigenvalue weighted by Gasteiger charge is -2.34. The van der Waals surface area contributed by atoms with Crippen LogP contribution in [0.4, 0.5) is 0 Å². The summed E-state index contributed by atoms with van der Waals surface area (Å²) in [6.07, 6.45) is -0.0489. The predicted molar refractivity (Wildman–Crippen MR) is 73.0 cm³/mol. The summed E-state index contributed by atoms with van der Waals surface area (Å²) in [7, 11) is -4.36. The molecule has 118 valence electrons. The van der Waals surface area contributed by atoms with Crippen molar-refractivity contribution in [3.63, 3.8) is 0 Å². The molecule has 0 radical (unpaired) electrons. The lowest BCUT2D eigenvalue weighted by atomic mass is 10.4. The highest BCUT2D eigenvalue weighted by molar-refractivity contribution is 7.91. The highest BCUT2D eigenvalue weighted by atomic mass is 32.2. The van der Waals surface area contributed by atoms with Crippen LogP contribution in [-0.2, 0) is 29.6 Å². The summed E-state index contributed by atoms with van der Waals surface area (Å²) in [4.78, 5) is 11.0. The van der Waals surface area contributed by atoms with E-state index in [2.05, 4.69) is 4.74 Å². The second kappa shape index (κ2) is 6.37. The Morgan fingerprint density at radius 1 is 1.45 bits per heavy atom. The number of hydrogen-bond acceptors (Lipinski definition) is 6. The van der Waals surface area contributed by atoms with Crippen molar-refractivity contribution in [3.8, 4) is 0 Å². The molecular formula is C10H20N2O6S2. The molecule has 8 nitrogen and oxygen atoms in total. The fourth-order valence-corrected chi connectivity index (χ4v) is 5.27. The number of methoxy groups -OCH3 is 1. The number of carbonyl (C=O) groups is 1. The van der Waals surface area contributed by atoms with Crippen molar-refractivity contribution >= 4 is 26.0 Å². The standard InChI is InChI=1S/C10H20N2O6S2/c1-9-8-19(14,15)7-6-12(9)20(16,17)11(2)5-4-10(13)18-3/h9H,4-8H2,1-3H3. The minimum atomic E-state index is -3.77. The first-order valence-corrected chi connectivity index (χ1v) is 9.32. The van der Waals surface area contributed by atoms with Gasteiger partial charge in [-0.2, -0.15) is 17.0 Å². The van der Waals surface area contributed by atoms with Crippen molar-refractivity contribution in [1.29, 1.82) is 0 Å². The van der Waals surface area contributed by atoms with Crippen molar-refractivity contribution < 1.29 is 26.4 Å². The average molecular weight is 328 g/mol. The Morgan fingerprint density at radius 2 is 2.05 bits per heavy atom. The number of sulfone groups is 1. The maximum absolute atomic E-state index is 12.3. The van der Waals surface area contributed by atoms with Crippen LogP contribution in [0, 0.1) is 0 Å². The maximum atomic E-state index is 12.3. The highest BCUT2D eigenvalue weighted by Crippen LogP contribution is 2.18. The lowest BCUT2D eigenvalue weighted by Crippen LogP contribution is -2.53. The van der Waals surface area contributed by atoms with Gasteiger partial charge in [-0.05, 0) is 6.92 Å². The number of rotatable bonds is 5. The molecule has 1 unspecified atom stereocenters. The summed E-state index contributed by atoms with van der Waals surface area (Å²) in [5.41, 5.74) is 0. The zero-order valence-corrected chi connectivity index (χ0v) is 13.4. The van der Waals surface area contributed by atoms with E-state index in [4.69, 9.17) is 0 Å². The van der Waals surface area contributed by atoms with Gasteiger partial charge in [-0.25, -0.2) is 8.42 Å². The third-order valence-corrected chi connectivity index (χ3v) is 7.06. The van der Waals surface area contributed by atoms with Crippen LogP contribution in [0.2, 0.25) is 0 Å². The molecule has 1 aliphatic heterocycles. The summed E-state index contributed by atoms with van der Waals surface area (Å²) in [5, 5.41) is 0. The van der Waals surface area contributed by atoms with Gasteiger partial charge in [0.2, 0.25) is 0 Å². The van der Waals surface area contributed by atoms with Gasteiger partial charge in [0.15, 0.2) is 9.84 Å². The van der Waals surface area contributed by atoms with Crippen LogP contribution < -0.4 is 0 Å². The van der Waals surface area contributed by atoms with Gasteiger partial charge in [-0.15, -0.1) is 0 Å². The van der Waals surface area contributed by atoms with E-state index in [1.165, 1.54) is 14.2 Å². The third kappa shape index (κ3) is 4.14. The van der Waals surface area contributed by atoms with Crippen LogP contribution in [0.15, 0.2) is 0 Å². The molecule has 0 aromatic heterocycles. The quantitative estimate of drug-likeness (QED) is 0.590. The molecule has 0 aliphatic carbocycles. The average Bonchev–Trinajstić information content (AvgIpc) is 2.33. The van der Waals surface area contributed by atoms with Crippen LogP contribution >= 0.6 is 0 Å². The van der Waals surface area contributed by atoms with Gasteiger partial charge < -0.3 is 4.74 Å². The molecule has 0 N–H and O–H groups in total. The number of nitrogens with zero attached hydrogens (tertiary/aromatic N) is 2. The van der Waals surface area contributed by atoms with E-state index in [1.807, 2.05) is 0 Å². The molecule has 0 saturated carbocycles. The van der Waals surface area contributed by atoms with Gasteiger partial charge in [0, 0.05) is 26.2 Å². The number of ether oxygens (including phenoxy) is 1. The minimum Gasteiger partial charge on any atom is -0.469 e. The van der Waals surface area contributed by atoms with E-state index in [-0.39, 0.29) is 31.0 Å². The summed E-state index contributed by atoms with van der Waals surface area (Å²) in [5.74, 6) is -0.861. The van der Waals surface area contributed by atoms with Crippen molar-refractivity contribution in [2.75, 3.05) is 38.8 Å². The summed E-state index contributed by atoms with van der Waals surface area (Å²) < 4.78 is 54.2. The van der Waals surface area contributed by atoms with E-state index in [9.17, 15) is 21.6 Å². The van der Waals surface area contributed by atoms with Gasteiger partial charge >= 0.3 is 5.97 Å². The first-order chi connectivity index (χ1) is 9.10. The molecule has 1 saturated heterocycles. The first-order valence-electron chi connectivity index (χ1n) is 6.10. The second-order valence-corrected chi connectivity index (χ2v) is 8.95. The van der Waals surface area contributed by atoms with E-state index < -0.39 is 32.1 Å². The summed E-state index contributed by atoms with van der Waals surface area (Å²) >= 11 is 0. The number of hydrogen-bond donors (Lipinski definition) is 0. The molecular weight excluding hydrogens is 308 g/mol. The van der Waals surface area contributed by atoms with Crippen LogP contribution in [0.1, 0.15) is 13.3 Å².